The van der Waals surface area contributed by atoms with Crippen molar-refractivity contribution in [3.63, 3.8) is 0 Å². The van der Waals surface area contributed by atoms with Crippen molar-refractivity contribution in [2.75, 3.05) is 13.2 Å². The molecule has 0 amide bonds. The normalized spacial score (nSPS) is 20.6. The summed E-state index contributed by atoms with van der Waals surface area (Å²) in [7, 11) is 0. The van der Waals surface area contributed by atoms with Gasteiger partial charge in [0.05, 0.1) is 23.4 Å². The van der Waals surface area contributed by atoms with Gasteiger partial charge in [-0.05, 0) is 29.8 Å². The number of aryl methyl sites for hydroxylation is 1. The lowest BCUT2D eigenvalue weighted by Crippen LogP contribution is -2.49. The van der Waals surface area contributed by atoms with E-state index in [0.29, 0.717) is 0 Å². The number of ether oxygens (including phenoxy) is 1. The maximum absolute atomic E-state index is 5.17. The van der Waals surface area contributed by atoms with Crippen LogP contribution in [0.25, 0.3) is 0 Å². The van der Waals surface area contributed by atoms with Crippen molar-refractivity contribution in [1.82, 2.24) is 9.78 Å². The van der Waals surface area contributed by atoms with Crippen LogP contribution in [0, 0.1) is 6.92 Å². The van der Waals surface area contributed by atoms with E-state index >= 15 is 0 Å². The summed E-state index contributed by atoms with van der Waals surface area (Å²) in [6, 6.07) is 0. The van der Waals surface area contributed by atoms with Crippen LogP contribution in [-0.4, -0.2) is 23.0 Å². The van der Waals surface area contributed by atoms with E-state index in [2.05, 4.69) is 28.0 Å². The molecular weight excluding hydrogens is 220 g/mol. The zero-order valence-electron chi connectivity index (χ0n) is 7.17. The lowest BCUT2D eigenvalue weighted by molar-refractivity contribution is -0.0959. The third-order valence-electron chi connectivity index (χ3n) is 2.22. The van der Waals surface area contributed by atoms with Gasteiger partial charge in [-0.15, -0.1) is 0 Å². The summed E-state index contributed by atoms with van der Waals surface area (Å²) in [5.41, 5.74) is 1.11. The summed E-state index contributed by atoms with van der Waals surface area (Å²) in [6.07, 6.45) is 2.01. The average Bonchev–Trinajstić information content (AvgIpc) is 2.28. The van der Waals surface area contributed by atoms with Gasteiger partial charge in [0, 0.05) is 6.20 Å². The summed E-state index contributed by atoms with van der Waals surface area (Å²) in [5.74, 6) is 0. The highest BCUT2D eigenvalue weighted by atomic mass is 79.9. The van der Waals surface area contributed by atoms with E-state index in [1.165, 1.54) is 0 Å². The van der Waals surface area contributed by atoms with Crippen LogP contribution in [0.15, 0.2) is 10.7 Å². The molecule has 2 heterocycles. The third kappa shape index (κ3) is 1.10. The molecule has 1 aromatic rings. The number of aromatic nitrogens is 2. The summed E-state index contributed by atoms with van der Waals surface area (Å²) in [4.78, 5) is 0. The van der Waals surface area contributed by atoms with Gasteiger partial charge in [0.1, 0.15) is 5.54 Å². The Kier molecular flexibility index (Phi) is 1.77. The average molecular weight is 231 g/mol. The zero-order chi connectivity index (χ0) is 8.77. The standard InChI is InChI=1S/C8H11BrN2O/c1-6-7(9)3-11(10-6)8(2)4-12-5-8/h3H,4-5H2,1-2H3. The largest absolute Gasteiger partial charge is 0.376 e. The van der Waals surface area contributed by atoms with Crippen molar-refractivity contribution in [2.24, 2.45) is 0 Å². The quantitative estimate of drug-likeness (QED) is 0.735. The van der Waals surface area contributed by atoms with Crippen LogP contribution in [0.5, 0.6) is 0 Å². The van der Waals surface area contributed by atoms with Gasteiger partial charge in [-0.2, -0.15) is 5.10 Å². The van der Waals surface area contributed by atoms with E-state index in [4.69, 9.17) is 4.74 Å². The Balaban J connectivity index is 2.34. The number of hydrogen-bond donors (Lipinski definition) is 0. The highest BCUT2D eigenvalue weighted by Crippen LogP contribution is 2.27. The van der Waals surface area contributed by atoms with Crippen LogP contribution >= 0.6 is 15.9 Å². The second-order valence-corrected chi connectivity index (χ2v) is 4.35. The van der Waals surface area contributed by atoms with Gasteiger partial charge in [-0.1, -0.05) is 0 Å². The van der Waals surface area contributed by atoms with Crippen LogP contribution in [0.1, 0.15) is 12.6 Å². The Morgan fingerprint density at radius 2 is 2.33 bits per heavy atom. The fraction of sp³-hybridized carbons (Fsp3) is 0.625. The molecule has 1 fully saturated rings. The fourth-order valence-electron chi connectivity index (χ4n) is 1.25. The molecule has 4 heteroatoms. The van der Waals surface area contributed by atoms with Gasteiger partial charge in [-0.3, -0.25) is 4.68 Å². The summed E-state index contributed by atoms with van der Waals surface area (Å²) < 4.78 is 8.21. The van der Waals surface area contributed by atoms with Crippen molar-refractivity contribution in [3.05, 3.63) is 16.4 Å². The first kappa shape index (κ1) is 8.26. The number of hydrogen-bond acceptors (Lipinski definition) is 2. The lowest BCUT2D eigenvalue weighted by atomic mass is 10.0. The number of nitrogens with zero attached hydrogens (tertiary/aromatic N) is 2. The second-order valence-electron chi connectivity index (χ2n) is 3.50. The van der Waals surface area contributed by atoms with E-state index in [9.17, 15) is 0 Å². The molecule has 1 aliphatic rings. The van der Waals surface area contributed by atoms with Crippen molar-refractivity contribution >= 4 is 15.9 Å². The molecular formula is C8H11BrN2O. The summed E-state index contributed by atoms with van der Waals surface area (Å²) in [5, 5.41) is 4.39. The molecule has 1 saturated heterocycles. The molecule has 0 bridgehead atoms. The molecule has 12 heavy (non-hydrogen) atoms. The second kappa shape index (κ2) is 2.57. The Labute approximate surface area is 79.8 Å². The molecule has 0 atom stereocenters. The fourth-order valence-corrected chi connectivity index (χ4v) is 1.52. The van der Waals surface area contributed by atoms with Gasteiger partial charge < -0.3 is 4.74 Å². The van der Waals surface area contributed by atoms with Crippen LogP contribution in [0.2, 0.25) is 0 Å². The van der Waals surface area contributed by atoms with Crippen LogP contribution in [0.3, 0.4) is 0 Å². The predicted molar refractivity (Wildman–Crippen MR) is 49.1 cm³/mol. The highest BCUT2D eigenvalue weighted by Gasteiger charge is 2.36. The van der Waals surface area contributed by atoms with Crippen molar-refractivity contribution in [2.45, 2.75) is 19.4 Å². The first-order valence-corrected chi connectivity index (χ1v) is 4.71. The van der Waals surface area contributed by atoms with Crippen molar-refractivity contribution in [3.8, 4) is 0 Å². The molecule has 1 aromatic heterocycles. The molecule has 3 nitrogen and oxygen atoms in total. The number of rotatable bonds is 1. The lowest BCUT2D eigenvalue weighted by Gasteiger charge is -2.38. The molecule has 66 valence electrons. The molecule has 0 saturated carbocycles. The first-order valence-electron chi connectivity index (χ1n) is 3.92. The molecule has 0 radical (unpaired) electrons. The number of halogens is 1. The Morgan fingerprint density at radius 3 is 2.67 bits per heavy atom. The minimum atomic E-state index is 0.0801. The SMILES string of the molecule is Cc1nn(C2(C)COC2)cc1Br. The van der Waals surface area contributed by atoms with E-state index in [0.717, 1.165) is 23.4 Å². The van der Waals surface area contributed by atoms with E-state index in [1.807, 2.05) is 17.8 Å². The van der Waals surface area contributed by atoms with Gasteiger partial charge in [0.25, 0.3) is 0 Å². The molecule has 0 unspecified atom stereocenters. The minimum absolute atomic E-state index is 0.0801. The Hall–Kier alpha value is -0.350. The van der Waals surface area contributed by atoms with Crippen LogP contribution in [-0.2, 0) is 10.3 Å². The predicted octanol–water partition coefficient (Wildman–Crippen LogP) is 1.70. The van der Waals surface area contributed by atoms with Gasteiger partial charge in [0.2, 0.25) is 0 Å². The zero-order valence-corrected chi connectivity index (χ0v) is 8.76. The smallest absolute Gasteiger partial charge is 0.106 e. The monoisotopic (exact) mass is 230 g/mol. The highest BCUT2D eigenvalue weighted by molar-refractivity contribution is 9.10. The molecule has 0 aliphatic carbocycles. The van der Waals surface area contributed by atoms with Crippen LogP contribution in [0.4, 0.5) is 0 Å². The molecule has 0 spiro atoms. The van der Waals surface area contributed by atoms with E-state index in [-0.39, 0.29) is 5.54 Å². The first-order chi connectivity index (χ1) is 5.62. The van der Waals surface area contributed by atoms with E-state index < -0.39 is 0 Å². The van der Waals surface area contributed by atoms with Gasteiger partial charge in [0.15, 0.2) is 0 Å². The Morgan fingerprint density at radius 1 is 1.67 bits per heavy atom. The van der Waals surface area contributed by atoms with Gasteiger partial charge in [-0.25, -0.2) is 0 Å². The van der Waals surface area contributed by atoms with Crippen molar-refractivity contribution < 1.29 is 4.74 Å². The molecule has 0 aromatic carbocycles. The van der Waals surface area contributed by atoms with Crippen LogP contribution < -0.4 is 0 Å². The maximum Gasteiger partial charge on any atom is 0.106 e. The van der Waals surface area contributed by atoms with E-state index in [1.54, 1.807) is 0 Å². The Bertz CT molecular complexity index is 285. The topological polar surface area (TPSA) is 27.1 Å². The summed E-state index contributed by atoms with van der Waals surface area (Å²) in [6.45, 7) is 5.67. The third-order valence-corrected chi connectivity index (χ3v) is 3.00. The molecule has 1 aliphatic heterocycles. The van der Waals surface area contributed by atoms with Crippen molar-refractivity contribution in [1.29, 1.82) is 0 Å². The molecule has 2 rings (SSSR count). The summed E-state index contributed by atoms with van der Waals surface area (Å²) >= 11 is 3.44. The minimum Gasteiger partial charge on any atom is -0.376 e. The maximum atomic E-state index is 5.17. The molecule has 0 N–H and O–H groups in total. The van der Waals surface area contributed by atoms with Gasteiger partial charge >= 0.3 is 0 Å².